The molecule has 1 N–H and O–H groups in total. The van der Waals surface area contributed by atoms with E-state index in [4.69, 9.17) is 0 Å². The molecule has 3 aromatic rings. The summed E-state index contributed by atoms with van der Waals surface area (Å²) in [7, 11) is 0. The first kappa shape index (κ1) is 18.2. The smallest absolute Gasteiger partial charge is 0.230 e. The Morgan fingerprint density at radius 1 is 1.15 bits per heavy atom. The molecule has 0 radical (unpaired) electrons. The van der Waals surface area contributed by atoms with Gasteiger partial charge in [-0.15, -0.1) is 11.3 Å². The van der Waals surface area contributed by atoms with E-state index in [-0.39, 0.29) is 11.7 Å². The zero-order chi connectivity index (χ0) is 18.2. The average molecular weight is 380 g/mol. The molecule has 1 aromatic carbocycles. The Labute approximate surface area is 160 Å². The largest absolute Gasteiger partial charge is 0.355 e. The highest BCUT2D eigenvalue weighted by Gasteiger charge is 2.11. The molecule has 2 heterocycles. The predicted octanol–water partition coefficient (Wildman–Crippen LogP) is 4.13. The van der Waals surface area contributed by atoms with Gasteiger partial charge >= 0.3 is 0 Å². The fourth-order valence-corrected chi connectivity index (χ4v) is 3.87. The van der Waals surface area contributed by atoms with E-state index in [1.807, 2.05) is 53.9 Å². The van der Waals surface area contributed by atoms with Crippen LogP contribution in [0.15, 0.2) is 65.0 Å². The van der Waals surface area contributed by atoms with E-state index in [1.54, 1.807) is 17.4 Å². The van der Waals surface area contributed by atoms with Gasteiger partial charge in [-0.2, -0.15) is 5.26 Å². The maximum absolute atomic E-state index is 12.1. The van der Waals surface area contributed by atoms with Crippen molar-refractivity contribution in [1.29, 1.82) is 5.26 Å². The quantitative estimate of drug-likeness (QED) is 0.627. The van der Waals surface area contributed by atoms with E-state index < -0.39 is 0 Å². The van der Waals surface area contributed by atoms with Gasteiger partial charge in [0.05, 0.1) is 21.9 Å². The molecule has 3 rings (SSSR count). The van der Waals surface area contributed by atoms with Crippen LogP contribution in [0.2, 0.25) is 0 Å². The molecule has 0 saturated heterocycles. The van der Waals surface area contributed by atoms with Crippen LogP contribution in [0, 0.1) is 11.3 Å². The van der Waals surface area contributed by atoms with Gasteiger partial charge in [-0.1, -0.05) is 48.2 Å². The third-order valence-corrected chi connectivity index (χ3v) is 5.56. The average Bonchev–Trinajstić information content (AvgIpc) is 3.22. The Bertz CT molecular complexity index is 903. The highest BCUT2D eigenvalue weighted by molar-refractivity contribution is 8.00. The summed E-state index contributed by atoms with van der Waals surface area (Å²) < 4.78 is 0. The number of hydrogen-bond donors (Lipinski definition) is 1. The number of carbonyl (C=O) groups is 1. The second-order valence-electron chi connectivity index (χ2n) is 5.51. The number of nitrogens with zero attached hydrogens (tertiary/aromatic N) is 2. The molecule has 2 aromatic heterocycles. The van der Waals surface area contributed by atoms with Gasteiger partial charge in [-0.25, -0.2) is 4.98 Å². The third-order valence-electron chi connectivity index (χ3n) is 3.67. The molecular weight excluding hydrogens is 362 g/mol. The van der Waals surface area contributed by atoms with Crippen LogP contribution < -0.4 is 5.32 Å². The third kappa shape index (κ3) is 4.94. The molecule has 0 saturated carbocycles. The summed E-state index contributed by atoms with van der Waals surface area (Å²) in [5, 5.41) is 14.8. The van der Waals surface area contributed by atoms with Gasteiger partial charge < -0.3 is 5.32 Å². The number of thioether (sulfide) groups is 1. The fourth-order valence-electron chi connectivity index (χ4n) is 2.37. The number of rotatable bonds is 7. The van der Waals surface area contributed by atoms with Crippen LogP contribution in [0.1, 0.15) is 11.1 Å². The van der Waals surface area contributed by atoms with Crippen molar-refractivity contribution in [3.8, 4) is 16.6 Å². The molecule has 0 unspecified atom stereocenters. The number of amides is 1. The van der Waals surface area contributed by atoms with Crippen LogP contribution in [-0.2, 0) is 11.2 Å². The fraction of sp³-hybridized carbons (Fsp3) is 0.150. The zero-order valence-electron chi connectivity index (χ0n) is 14.0. The summed E-state index contributed by atoms with van der Waals surface area (Å²) in [6.07, 6.45) is 0.798. The van der Waals surface area contributed by atoms with Crippen LogP contribution >= 0.6 is 23.1 Å². The summed E-state index contributed by atoms with van der Waals surface area (Å²) in [6.45, 7) is 0.594. The molecule has 0 atom stereocenters. The molecular formula is C20H17N3OS2. The molecule has 6 heteroatoms. The first-order chi connectivity index (χ1) is 12.8. The number of thiophene rings is 1. The lowest BCUT2D eigenvalue weighted by molar-refractivity contribution is -0.118. The number of aromatic nitrogens is 1. The maximum atomic E-state index is 12.1. The molecule has 0 aliphatic rings. The molecule has 0 spiro atoms. The Kier molecular flexibility index (Phi) is 6.42. The lowest BCUT2D eigenvalue weighted by Gasteiger charge is -2.07. The lowest BCUT2D eigenvalue weighted by atomic mass is 10.1. The molecule has 4 nitrogen and oxygen atoms in total. The van der Waals surface area contributed by atoms with Gasteiger partial charge in [0.1, 0.15) is 11.1 Å². The number of nitriles is 1. The minimum Gasteiger partial charge on any atom is -0.355 e. The second kappa shape index (κ2) is 9.18. The summed E-state index contributed by atoms with van der Waals surface area (Å²) in [4.78, 5) is 17.7. The Hall–Kier alpha value is -2.62. The highest BCUT2D eigenvalue weighted by Crippen LogP contribution is 2.27. The topological polar surface area (TPSA) is 65.8 Å². The second-order valence-corrected chi connectivity index (χ2v) is 7.42. The summed E-state index contributed by atoms with van der Waals surface area (Å²) >= 11 is 2.89. The van der Waals surface area contributed by atoms with Crippen molar-refractivity contribution >= 4 is 29.0 Å². The normalized spacial score (nSPS) is 10.3. The summed E-state index contributed by atoms with van der Waals surface area (Å²) in [5.74, 6) is 0.183. The van der Waals surface area contributed by atoms with Crippen molar-refractivity contribution in [3.05, 3.63) is 71.1 Å². The minimum atomic E-state index is -0.0573. The molecule has 130 valence electrons. The van der Waals surface area contributed by atoms with Gasteiger partial charge in [0.25, 0.3) is 0 Å². The number of carbonyl (C=O) groups excluding carboxylic acids is 1. The summed E-state index contributed by atoms with van der Waals surface area (Å²) in [6, 6.07) is 19.7. The van der Waals surface area contributed by atoms with Gasteiger partial charge in [-0.3, -0.25) is 4.79 Å². The minimum absolute atomic E-state index is 0.0573. The summed E-state index contributed by atoms with van der Waals surface area (Å²) in [5.41, 5.74) is 2.51. The molecule has 0 fully saturated rings. The lowest BCUT2D eigenvalue weighted by Crippen LogP contribution is -2.27. The number of benzene rings is 1. The van der Waals surface area contributed by atoms with Crippen LogP contribution in [0.3, 0.4) is 0 Å². The van der Waals surface area contributed by atoms with Gasteiger partial charge in [0.15, 0.2) is 0 Å². The molecule has 0 aliphatic heterocycles. The SMILES string of the molecule is N#Cc1ccc(-c2cccs2)nc1SCC(=O)NCCc1ccccc1. The van der Waals surface area contributed by atoms with Gasteiger partial charge in [0.2, 0.25) is 5.91 Å². The van der Waals surface area contributed by atoms with E-state index >= 15 is 0 Å². The van der Waals surface area contributed by atoms with Crippen molar-refractivity contribution in [1.82, 2.24) is 10.3 Å². The van der Waals surface area contributed by atoms with Crippen LogP contribution in [0.25, 0.3) is 10.6 Å². The predicted molar refractivity (Wildman–Crippen MR) is 106 cm³/mol. The molecule has 0 aliphatic carbocycles. The van der Waals surface area contributed by atoms with Crippen LogP contribution in [-0.4, -0.2) is 23.2 Å². The molecule has 1 amide bonds. The monoisotopic (exact) mass is 379 g/mol. The van der Waals surface area contributed by atoms with Crippen molar-refractivity contribution < 1.29 is 4.79 Å². The Morgan fingerprint density at radius 2 is 2.00 bits per heavy atom. The molecule has 0 bridgehead atoms. The standard InChI is InChI=1S/C20H17N3OS2/c21-13-16-8-9-17(18-7-4-12-25-18)23-20(16)26-14-19(24)22-11-10-15-5-2-1-3-6-15/h1-9,12H,10-11,14H2,(H,22,24). The van der Waals surface area contributed by atoms with E-state index in [2.05, 4.69) is 16.4 Å². The Morgan fingerprint density at radius 3 is 2.73 bits per heavy atom. The van der Waals surface area contributed by atoms with E-state index in [9.17, 15) is 10.1 Å². The van der Waals surface area contributed by atoms with Crippen LogP contribution in [0.5, 0.6) is 0 Å². The van der Waals surface area contributed by atoms with Gasteiger partial charge in [0, 0.05) is 6.54 Å². The van der Waals surface area contributed by atoms with Crippen molar-refractivity contribution in [3.63, 3.8) is 0 Å². The number of pyridine rings is 1. The number of hydrogen-bond acceptors (Lipinski definition) is 5. The van der Waals surface area contributed by atoms with Crippen molar-refractivity contribution in [2.75, 3.05) is 12.3 Å². The first-order valence-corrected chi connectivity index (χ1v) is 10.0. The van der Waals surface area contributed by atoms with E-state index in [0.717, 1.165) is 17.0 Å². The van der Waals surface area contributed by atoms with E-state index in [1.165, 1.54) is 17.3 Å². The first-order valence-electron chi connectivity index (χ1n) is 8.14. The number of nitrogens with one attached hydrogen (secondary N) is 1. The van der Waals surface area contributed by atoms with Crippen LogP contribution in [0.4, 0.5) is 0 Å². The molecule has 26 heavy (non-hydrogen) atoms. The van der Waals surface area contributed by atoms with E-state index in [0.29, 0.717) is 17.1 Å². The van der Waals surface area contributed by atoms with Crippen molar-refractivity contribution in [2.45, 2.75) is 11.4 Å². The Balaban J connectivity index is 1.55. The van der Waals surface area contributed by atoms with Gasteiger partial charge in [-0.05, 0) is 35.6 Å². The zero-order valence-corrected chi connectivity index (χ0v) is 15.6. The van der Waals surface area contributed by atoms with Crippen molar-refractivity contribution in [2.24, 2.45) is 0 Å². The highest BCUT2D eigenvalue weighted by atomic mass is 32.2. The maximum Gasteiger partial charge on any atom is 0.230 e.